The minimum Gasteiger partial charge on any atom is -0.338 e. The standard InChI is InChI=1S/C14H14F2N2O3S/c15-13(16)14-17-12(21-18-14)8-22(19,20)11-6-5-9-3-1-2-4-10(9)7-11/h1-4,11,13H,5-8H2. The maximum Gasteiger partial charge on any atom is 0.300 e. The van der Waals surface area contributed by atoms with E-state index in [-0.39, 0.29) is 5.89 Å². The van der Waals surface area contributed by atoms with Crippen molar-refractivity contribution in [2.24, 2.45) is 0 Å². The van der Waals surface area contributed by atoms with E-state index in [0.29, 0.717) is 19.3 Å². The van der Waals surface area contributed by atoms with Crippen LogP contribution in [0.4, 0.5) is 8.78 Å². The smallest absolute Gasteiger partial charge is 0.300 e. The Hall–Kier alpha value is -1.83. The molecule has 0 amide bonds. The third kappa shape index (κ3) is 3.01. The molecule has 2 aromatic rings. The second-order valence-electron chi connectivity index (χ2n) is 5.29. The molecule has 0 radical (unpaired) electrons. The molecular weight excluding hydrogens is 314 g/mol. The SMILES string of the molecule is O=S(=O)(Cc1nc(C(F)F)no1)C1CCc2ccccc2C1. The number of aromatic nitrogens is 2. The van der Waals surface area contributed by atoms with Gasteiger partial charge in [0.05, 0.1) is 5.25 Å². The first kappa shape index (κ1) is 15.1. The summed E-state index contributed by atoms with van der Waals surface area (Å²) in [5.41, 5.74) is 2.17. The predicted octanol–water partition coefficient (Wildman–Crippen LogP) is 2.48. The zero-order chi connectivity index (χ0) is 15.7. The molecule has 1 aliphatic rings. The molecule has 0 spiro atoms. The summed E-state index contributed by atoms with van der Waals surface area (Å²) >= 11 is 0. The van der Waals surface area contributed by atoms with Crippen LogP contribution in [0.3, 0.4) is 0 Å². The van der Waals surface area contributed by atoms with Crippen LogP contribution in [0, 0.1) is 0 Å². The van der Waals surface area contributed by atoms with E-state index in [4.69, 9.17) is 0 Å². The number of aryl methyl sites for hydroxylation is 1. The molecule has 5 nitrogen and oxygen atoms in total. The van der Waals surface area contributed by atoms with Crippen LogP contribution in [0.25, 0.3) is 0 Å². The fraction of sp³-hybridized carbons (Fsp3) is 0.429. The Morgan fingerprint density at radius 1 is 1.27 bits per heavy atom. The van der Waals surface area contributed by atoms with Gasteiger partial charge in [-0.25, -0.2) is 17.2 Å². The Morgan fingerprint density at radius 2 is 2.00 bits per heavy atom. The fourth-order valence-electron chi connectivity index (χ4n) is 2.68. The number of nitrogens with zero attached hydrogens (tertiary/aromatic N) is 2. The number of alkyl halides is 2. The van der Waals surface area contributed by atoms with Crippen molar-refractivity contribution in [3.63, 3.8) is 0 Å². The molecule has 0 saturated heterocycles. The number of hydrogen-bond acceptors (Lipinski definition) is 5. The lowest BCUT2D eigenvalue weighted by Crippen LogP contribution is -2.29. The molecule has 0 aliphatic heterocycles. The third-order valence-corrected chi connectivity index (χ3v) is 5.88. The molecule has 1 unspecified atom stereocenters. The Kier molecular flexibility index (Phi) is 3.94. The lowest BCUT2D eigenvalue weighted by Gasteiger charge is -2.23. The highest BCUT2D eigenvalue weighted by Gasteiger charge is 2.31. The zero-order valence-corrected chi connectivity index (χ0v) is 12.4. The van der Waals surface area contributed by atoms with Crippen LogP contribution in [-0.2, 0) is 28.4 Å². The summed E-state index contributed by atoms with van der Waals surface area (Å²) in [6, 6.07) is 7.71. The molecule has 0 fully saturated rings. The molecule has 0 N–H and O–H groups in total. The van der Waals surface area contributed by atoms with Crippen LogP contribution in [0.15, 0.2) is 28.8 Å². The van der Waals surface area contributed by atoms with Gasteiger partial charge in [0, 0.05) is 0 Å². The van der Waals surface area contributed by atoms with Crippen LogP contribution in [0.1, 0.15) is 35.7 Å². The Morgan fingerprint density at radius 3 is 2.68 bits per heavy atom. The summed E-state index contributed by atoms with van der Waals surface area (Å²) in [5, 5.41) is 2.53. The topological polar surface area (TPSA) is 73.1 Å². The van der Waals surface area contributed by atoms with Crippen LogP contribution in [0.2, 0.25) is 0 Å². The van der Waals surface area contributed by atoms with E-state index in [2.05, 4.69) is 14.7 Å². The van der Waals surface area contributed by atoms with Gasteiger partial charge in [0.1, 0.15) is 5.75 Å². The van der Waals surface area contributed by atoms with Gasteiger partial charge in [-0.3, -0.25) is 0 Å². The van der Waals surface area contributed by atoms with E-state index in [9.17, 15) is 17.2 Å². The molecule has 0 saturated carbocycles. The van der Waals surface area contributed by atoms with Crippen molar-refractivity contribution in [3.05, 3.63) is 47.1 Å². The van der Waals surface area contributed by atoms with Gasteiger partial charge in [0.15, 0.2) is 9.84 Å². The molecule has 1 aliphatic carbocycles. The largest absolute Gasteiger partial charge is 0.338 e. The van der Waals surface area contributed by atoms with E-state index in [1.54, 1.807) is 0 Å². The van der Waals surface area contributed by atoms with Gasteiger partial charge in [-0.2, -0.15) is 4.98 Å². The monoisotopic (exact) mass is 328 g/mol. The van der Waals surface area contributed by atoms with Gasteiger partial charge in [-0.15, -0.1) is 0 Å². The summed E-state index contributed by atoms with van der Waals surface area (Å²) in [5.74, 6) is -1.56. The average molecular weight is 328 g/mol. The average Bonchev–Trinajstić information content (AvgIpc) is 2.95. The number of halogens is 2. The number of fused-ring (bicyclic) bond motifs is 1. The zero-order valence-electron chi connectivity index (χ0n) is 11.6. The molecule has 22 heavy (non-hydrogen) atoms. The summed E-state index contributed by atoms with van der Waals surface area (Å²) in [7, 11) is -3.53. The normalized spacial score (nSPS) is 18.4. The van der Waals surface area contributed by atoms with Crippen molar-refractivity contribution in [2.75, 3.05) is 0 Å². The first-order chi connectivity index (χ1) is 10.5. The van der Waals surface area contributed by atoms with E-state index in [0.717, 1.165) is 11.1 Å². The molecule has 118 valence electrons. The maximum atomic E-state index is 12.4. The number of rotatable bonds is 4. The second-order valence-corrected chi connectivity index (χ2v) is 7.57. The van der Waals surface area contributed by atoms with Crippen molar-refractivity contribution in [1.29, 1.82) is 0 Å². The van der Waals surface area contributed by atoms with Crippen LogP contribution < -0.4 is 0 Å². The number of sulfone groups is 1. The second kappa shape index (κ2) is 5.75. The van der Waals surface area contributed by atoms with Crippen molar-refractivity contribution in [3.8, 4) is 0 Å². The van der Waals surface area contributed by atoms with Gasteiger partial charge in [0.2, 0.25) is 11.7 Å². The molecular formula is C14H14F2N2O3S. The fourth-order valence-corrected chi connectivity index (χ4v) is 4.28. The number of benzene rings is 1. The minimum absolute atomic E-state index is 0.283. The Labute approximate surface area is 126 Å². The van der Waals surface area contributed by atoms with Crippen LogP contribution in [-0.4, -0.2) is 23.8 Å². The highest BCUT2D eigenvalue weighted by Crippen LogP contribution is 2.27. The molecule has 1 atom stereocenters. The Bertz CT molecular complexity index is 774. The third-order valence-electron chi connectivity index (χ3n) is 3.81. The van der Waals surface area contributed by atoms with E-state index in [1.807, 2.05) is 24.3 Å². The summed E-state index contributed by atoms with van der Waals surface area (Å²) in [4.78, 5) is 3.43. The van der Waals surface area contributed by atoms with E-state index in [1.165, 1.54) is 0 Å². The molecule has 0 bridgehead atoms. The van der Waals surface area contributed by atoms with Gasteiger partial charge >= 0.3 is 6.43 Å². The summed E-state index contributed by atoms with van der Waals surface area (Å²) < 4.78 is 54.3. The number of hydrogen-bond donors (Lipinski definition) is 0. The lowest BCUT2D eigenvalue weighted by atomic mass is 9.92. The Balaban J connectivity index is 1.76. The minimum atomic E-state index is -3.53. The summed E-state index contributed by atoms with van der Waals surface area (Å²) in [6.07, 6.45) is -1.25. The van der Waals surface area contributed by atoms with Gasteiger partial charge < -0.3 is 4.52 Å². The van der Waals surface area contributed by atoms with Crippen molar-refractivity contribution < 1.29 is 21.7 Å². The quantitative estimate of drug-likeness (QED) is 0.862. The van der Waals surface area contributed by atoms with E-state index >= 15 is 0 Å². The van der Waals surface area contributed by atoms with Crippen molar-refractivity contribution in [1.82, 2.24) is 10.1 Å². The van der Waals surface area contributed by atoms with Crippen molar-refractivity contribution >= 4 is 9.84 Å². The van der Waals surface area contributed by atoms with Gasteiger partial charge in [0.25, 0.3) is 0 Å². The molecule has 1 aromatic heterocycles. The van der Waals surface area contributed by atoms with Crippen LogP contribution in [0.5, 0.6) is 0 Å². The molecule has 1 aromatic carbocycles. The van der Waals surface area contributed by atoms with Crippen LogP contribution >= 0.6 is 0 Å². The highest BCUT2D eigenvalue weighted by molar-refractivity contribution is 7.91. The maximum absolute atomic E-state index is 12.4. The van der Waals surface area contributed by atoms with E-state index < -0.39 is 33.1 Å². The van der Waals surface area contributed by atoms with Gasteiger partial charge in [-0.05, 0) is 30.4 Å². The predicted molar refractivity (Wildman–Crippen MR) is 74.1 cm³/mol. The van der Waals surface area contributed by atoms with Crippen molar-refractivity contribution in [2.45, 2.75) is 36.7 Å². The first-order valence-electron chi connectivity index (χ1n) is 6.84. The first-order valence-corrected chi connectivity index (χ1v) is 8.56. The molecule has 1 heterocycles. The molecule has 3 rings (SSSR count). The van der Waals surface area contributed by atoms with Gasteiger partial charge in [-0.1, -0.05) is 29.4 Å². The lowest BCUT2D eigenvalue weighted by molar-refractivity contribution is 0.136. The summed E-state index contributed by atoms with van der Waals surface area (Å²) in [6.45, 7) is 0. The molecule has 8 heteroatoms. The highest BCUT2D eigenvalue weighted by atomic mass is 32.2.